The fourth-order valence-corrected chi connectivity index (χ4v) is 3.86. The molecule has 0 aliphatic carbocycles. The van der Waals surface area contributed by atoms with Crippen molar-refractivity contribution in [2.75, 3.05) is 0 Å². The topological polar surface area (TPSA) is 0 Å². The van der Waals surface area contributed by atoms with Crippen molar-refractivity contribution in [2.24, 2.45) is 0 Å². The number of hydrogen-bond acceptors (Lipinski definition) is 0. The van der Waals surface area contributed by atoms with Crippen LogP contribution in [-0.4, -0.2) is 0 Å². The van der Waals surface area contributed by atoms with E-state index < -0.39 is 0 Å². The van der Waals surface area contributed by atoms with Gasteiger partial charge in [-0.2, -0.15) is 0 Å². The van der Waals surface area contributed by atoms with Crippen molar-refractivity contribution in [1.82, 2.24) is 0 Å². The Morgan fingerprint density at radius 3 is 1.36 bits per heavy atom. The van der Waals surface area contributed by atoms with Crippen LogP contribution in [0.4, 0.5) is 0 Å². The molecule has 0 spiro atoms. The molecule has 2 rings (SSSR count). The molecule has 0 bridgehead atoms. The van der Waals surface area contributed by atoms with E-state index in [2.05, 4.69) is 78.5 Å². The molecule has 0 N–H and O–H groups in total. The Kier molecular flexibility index (Phi) is 3.46. The van der Waals surface area contributed by atoms with Crippen LogP contribution in [0.1, 0.15) is 0 Å². The van der Waals surface area contributed by atoms with E-state index in [1.165, 1.54) is 10.6 Å². The summed E-state index contributed by atoms with van der Waals surface area (Å²) in [5, 5.41) is 2.78. The van der Waals surface area contributed by atoms with Crippen LogP contribution in [0.15, 0.2) is 60.7 Å². The average molecular weight is 288 g/mol. The van der Waals surface area contributed by atoms with Crippen LogP contribution < -0.4 is 10.6 Å². The fraction of sp³-hybridized carbons (Fsp3) is 0. The molecule has 2 heteroatoms. The second kappa shape index (κ2) is 4.83. The molecular weight excluding hydrogens is 278 g/mol. The Balaban J connectivity index is 2.30. The summed E-state index contributed by atoms with van der Waals surface area (Å²) in [4.78, 5) is 0. The van der Waals surface area contributed by atoms with Crippen molar-refractivity contribution in [3.8, 4) is 0 Å². The zero-order valence-corrected chi connectivity index (χ0v) is 10.1. The third-order valence-electron chi connectivity index (χ3n) is 1.94. The molecule has 2 aromatic rings. The normalized spacial score (nSPS) is 10.5. The van der Waals surface area contributed by atoms with E-state index in [4.69, 9.17) is 0 Å². The Morgan fingerprint density at radius 1 is 0.643 bits per heavy atom. The molecule has 0 aromatic heterocycles. The van der Waals surface area contributed by atoms with Gasteiger partial charge in [-0.05, 0) is 0 Å². The van der Waals surface area contributed by atoms with E-state index in [1.807, 2.05) is 0 Å². The van der Waals surface area contributed by atoms with Crippen LogP contribution in [0.3, 0.4) is 0 Å². The van der Waals surface area contributed by atoms with Crippen molar-refractivity contribution >= 4 is 16.9 Å². The zero-order chi connectivity index (χ0) is 9.80. The molecule has 72 valence electrons. The first-order valence-corrected chi connectivity index (χ1v) is 7.81. The second-order valence-electron chi connectivity index (χ2n) is 2.93. The van der Waals surface area contributed by atoms with Crippen molar-refractivity contribution in [2.45, 2.75) is 0 Å². The number of rotatable bonds is 2. The molecule has 0 aliphatic heterocycles. The van der Waals surface area contributed by atoms with E-state index in [1.54, 1.807) is 0 Å². The number of hydrogen-bond donors (Lipinski definition) is 0. The summed E-state index contributed by atoms with van der Waals surface area (Å²) < 4.78 is 0. The second-order valence-corrected chi connectivity index (χ2v) is 6.69. The van der Waals surface area contributed by atoms with E-state index in [0.717, 1.165) is 0 Å². The molecule has 2 aromatic carbocycles. The monoisotopic (exact) mass is 288 g/mol. The van der Waals surface area contributed by atoms with Crippen LogP contribution in [0.25, 0.3) is 0 Å². The maximum atomic E-state index is 3.16. The summed E-state index contributed by atoms with van der Waals surface area (Å²) in [7, 11) is 0. The molecule has 0 atom stereocenters. The molecule has 0 amide bonds. The van der Waals surface area contributed by atoms with Crippen LogP contribution >= 0.6 is 6.25 Å². The first-order valence-electron chi connectivity index (χ1n) is 4.42. The van der Waals surface area contributed by atoms with Crippen molar-refractivity contribution in [3.05, 3.63) is 60.7 Å². The molecule has 14 heavy (non-hydrogen) atoms. The summed E-state index contributed by atoms with van der Waals surface area (Å²) in [6.45, 7) is 0. The molecule has 0 fully saturated rings. The first kappa shape index (κ1) is 10.0. The van der Waals surface area contributed by atoms with E-state index in [0.29, 0.717) is 0 Å². The summed E-state index contributed by atoms with van der Waals surface area (Å²) in [6.07, 6.45) is -0.281. The summed E-state index contributed by atoms with van der Waals surface area (Å²) in [5.74, 6) is 0. The van der Waals surface area contributed by atoms with Crippen LogP contribution in [0.5, 0.6) is 0 Å². The van der Waals surface area contributed by atoms with Gasteiger partial charge >= 0.3 is 95.3 Å². The fourth-order valence-electron chi connectivity index (χ4n) is 1.25. The SMILES string of the molecule is [Rh][P](c1ccccc1)c1ccccc1. The Bertz CT molecular complexity index is 346. The molecule has 0 aliphatic rings. The van der Waals surface area contributed by atoms with Crippen LogP contribution in [0.2, 0.25) is 0 Å². The van der Waals surface area contributed by atoms with Crippen LogP contribution in [-0.2, 0) is 17.8 Å². The van der Waals surface area contributed by atoms with Gasteiger partial charge in [0, 0.05) is 0 Å². The van der Waals surface area contributed by atoms with Crippen LogP contribution in [0, 0.1) is 0 Å². The Morgan fingerprint density at radius 2 is 1.00 bits per heavy atom. The van der Waals surface area contributed by atoms with Gasteiger partial charge in [0.15, 0.2) is 0 Å². The zero-order valence-electron chi connectivity index (χ0n) is 7.55. The Hall–Kier alpha value is -0.507. The van der Waals surface area contributed by atoms with Gasteiger partial charge in [0.25, 0.3) is 0 Å². The van der Waals surface area contributed by atoms with Gasteiger partial charge in [-0.15, -0.1) is 0 Å². The van der Waals surface area contributed by atoms with Gasteiger partial charge in [-0.25, -0.2) is 0 Å². The van der Waals surface area contributed by atoms with Gasteiger partial charge in [0.1, 0.15) is 0 Å². The Labute approximate surface area is 95.3 Å². The third-order valence-corrected chi connectivity index (χ3v) is 5.94. The average Bonchev–Trinajstić information content (AvgIpc) is 2.30. The molecule has 0 nitrogen and oxygen atoms in total. The van der Waals surface area contributed by atoms with Gasteiger partial charge in [-0.3, -0.25) is 0 Å². The maximum absolute atomic E-state index is 3.16. The van der Waals surface area contributed by atoms with Gasteiger partial charge in [0.2, 0.25) is 0 Å². The molecule has 0 saturated carbocycles. The summed E-state index contributed by atoms with van der Waals surface area (Å²) in [5.41, 5.74) is 0. The van der Waals surface area contributed by atoms with Gasteiger partial charge in [-0.1, -0.05) is 0 Å². The van der Waals surface area contributed by atoms with Crippen molar-refractivity contribution in [3.63, 3.8) is 0 Å². The van der Waals surface area contributed by atoms with E-state index in [-0.39, 0.29) is 6.25 Å². The minimum absolute atomic E-state index is 0.281. The standard InChI is InChI=1S/C12H10P.Rh/c1-3-7-11(8-4-1)13-12-9-5-2-6-10-12;/h1-10H;/q-1;+1. The van der Waals surface area contributed by atoms with Crippen molar-refractivity contribution < 1.29 is 17.8 Å². The molecular formula is C12H10PRh. The van der Waals surface area contributed by atoms with Gasteiger partial charge in [0.05, 0.1) is 0 Å². The molecule has 0 saturated heterocycles. The number of benzene rings is 2. The van der Waals surface area contributed by atoms with E-state index in [9.17, 15) is 0 Å². The third kappa shape index (κ3) is 2.29. The van der Waals surface area contributed by atoms with Crippen molar-refractivity contribution in [1.29, 1.82) is 0 Å². The predicted molar refractivity (Wildman–Crippen MR) is 59.1 cm³/mol. The van der Waals surface area contributed by atoms with E-state index >= 15 is 0 Å². The molecule has 0 radical (unpaired) electrons. The molecule has 0 unspecified atom stereocenters. The first-order chi connectivity index (χ1) is 6.88. The minimum atomic E-state index is -0.281. The quantitative estimate of drug-likeness (QED) is 0.588. The van der Waals surface area contributed by atoms with Gasteiger partial charge < -0.3 is 0 Å². The summed E-state index contributed by atoms with van der Waals surface area (Å²) >= 11 is 3.16. The predicted octanol–water partition coefficient (Wildman–Crippen LogP) is 2.58. The summed E-state index contributed by atoms with van der Waals surface area (Å²) in [6, 6.07) is 21.2. The molecule has 0 heterocycles.